The fourth-order valence-corrected chi connectivity index (χ4v) is 2.18. The summed E-state index contributed by atoms with van der Waals surface area (Å²) in [5.74, 6) is -1.05. The topological polar surface area (TPSA) is 70.2 Å². The fraction of sp³-hybridized carbons (Fsp3) is 0.0909. The van der Waals surface area contributed by atoms with Gasteiger partial charge in [0, 0.05) is 22.2 Å². The number of carboxylic acids is 1. The average Bonchev–Trinajstić information content (AvgIpc) is 2.65. The molecule has 2 aromatic heterocycles. The second kappa shape index (κ2) is 3.94. The third-order valence-electron chi connectivity index (χ3n) is 2.30. The number of aromatic carboxylic acids is 1. The molecule has 0 fully saturated rings. The number of hydrogen-bond acceptors (Lipinski definition) is 3. The van der Waals surface area contributed by atoms with Gasteiger partial charge in [-0.15, -0.1) is 11.3 Å². The van der Waals surface area contributed by atoms with Crippen LogP contribution < -0.4 is 5.56 Å². The van der Waals surface area contributed by atoms with Gasteiger partial charge in [0.05, 0.1) is 5.56 Å². The molecule has 2 rings (SSSR count). The SMILES string of the molecule is Cc1sccc1-c1cc(C(=O)O)c[nH]c1=O. The van der Waals surface area contributed by atoms with Gasteiger partial charge in [-0.1, -0.05) is 0 Å². The average molecular weight is 235 g/mol. The lowest BCUT2D eigenvalue weighted by Crippen LogP contribution is -2.11. The Morgan fingerprint density at radius 2 is 2.19 bits per heavy atom. The molecule has 16 heavy (non-hydrogen) atoms. The van der Waals surface area contributed by atoms with E-state index in [4.69, 9.17) is 5.11 Å². The van der Waals surface area contributed by atoms with Gasteiger partial charge in [0.1, 0.15) is 0 Å². The zero-order valence-electron chi connectivity index (χ0n) is 8.48. The van der Waals surface area contributed by atoms with Gasteiger partial charge in [-0.3, -0.25) is 4.79 Å². The van der Waals surface area contributed by atoms with Gasteiger partial charge in [-0.25, -0.2) is 4.79 Å². The molecule has 0 saturated heterocycles. The monoisotopic (exact) mass is 235 g/mol. The number of carbonyl (C=O) groups is 1. The first-order valence-electron chi connectivity index (χ1n) is 4.60. The lowest BCUT2D eigenvalue weighted by Gasteiger charge is -2.00. The Labute approximate surface area is 95.2 Å². The Hall–Kier alpha value is -1.88. The van der Waals surface area contributed by atoms with Crippen molar-refractivity contribution in [2.24, 2.45) is 0 Å². The van der Waals surface area contributed by atoms with Crippen molar-refractivity contribution >= 4 is 17.3 Å². The van der Waals surface area contributed by atoms with Crippen molar-refractivity contribution in [3.05, 3.63) is 44.5 Å². The molecule has 0 atom stereocenters. The van der Waals surface area contributed by atoms with Gasteiger partial charge in [-0.05, 0) is 24.4 Å². The van der Waals surface area contributed by atoms with Crippen LogP contribution in [0.4, 0.5) is 0 Å². The highest BCUT2D eigenvalue weighted by atomic mass is 32.1. The second-order valence-corrected chi connectivity index (χ2v) is 4.45. The normalized spacial score (nSPS) is 10.3. The molecule has 5 heteroatoms. The molecule has 2 aromatic rings. The van der Waals surface area contributed by atoms with Crippen LogP contribution in [-0.2, 0) is 0 Å². The zero-order chi connectivity index (χ0) is 11.7. The van der Waals surface area contributed by atoms with Crippen LogP contribution >= 0.6 is 11.3 Å². The lowest BCUT2D eigenvalue weighted by atomic mass is 10.1. The Kier molecular flexibility index (Phi) is 2.62. The van der Waals surface area contributed by atoms with E-state index in [2.05, 4.69) is 4.98 Å². The van der Waals surface area contributed by atoms with Gasteiger partial charge < -0.3 is 10.1 Å². The van der Waals surface area contributed by atoms with Crippen LogP contribution in [0.5, 0.6) is 0 Å². The van der Waals surface area contributed by atoms with Crippen LogP contribution in [0.1, 0.15) is 15.2 Å². The highest BCUT2D eigenvalue weighted by Gasteiger charge is 2.11. The van der Waals surface area contributed by atoms with Crippen LogP contribution in [0.2, 0.25) is 0 Å². The molecule has 0 aliphatic heterocycles. The maximum Gasteiger partial charge on any atom is 0.337 e. The van der Waals surface area contributed by atoms with E-state index < -0.39 is 5.97 Å². The maximum absolute atomic E-state index is 11.6. The summed E-state index contributed by atoms with van der Waals surface area (Å²) in [7, 11) is 0. The van der Waals surface area contributed by atoms with Gasteiger partial charge >= 0.3 is 5.97 Å². The Morgan fingerprint density at radius 1 is 1.44 bits per heavy atom. The number of hydrogen-bond donors (Lipinski definition) is 2. The van der Waals surface area contributed by atoms with Gasteiger partial charge in [0.15, 0.2) is 0 Å². The van der Waals surface area contributed by atoms with E-state index in [1.807, 2.05) is 18.4 Å². The summed E-state index contributed by atoms with van der Waals surface area (Å²) in [5, 5.41) is 10.7. The maximum atomic E-state index is 11.6. The Bertz CT molecular complexity index is 597. The van der Waals surface area contributed by atoms with Crippen molar-refractivity contribution < 1.29 is 9.90 Å². The Balaban J connectivity index is 2.65. The molecule has 0 radical (unpaired) electrons. The van der Waals surface area contributed by atoms with E-state index in [9.17, 15) is 9.59 Å². The van der Waals surface area contributed by atoms with Crippen molar-refractivity contribution in [3.8, 4) is 11.1 Å². The summed E-state index contributed by atoms with van der Waals surface area (Å²) in [6.07, 6.45) is 1.20. The van der Waals surface area contributed by atoms with Crippen LogP contribution in [0.3, 0.4) is 0 Å². The highest BCUT2D eigenvalue weighted by Crippen LogP contribution is 2.25. The molecule has 4 nitrogen and oxygen atoms in total. The molecule has 0 spiro atoms. The van der Waals surface area contributed by atoms with Crippen molar-refractivity contribution in [1.82, 2.24) is 4.98 Å². The number of rotatable bonds is 2. The first kappa shape index (κ1) is 10.6. The van der Waals surface area contributed by atoms with Crippen LogP contribution in [-0.4, -0.2) is 16.1 Å². The fourth-order valence-electron chi connectivity index (χ4n) is 1.47. The number of thiophene rings is 1. The summed E-state index contributed by atoms with van der Waals surface area (Å²) in [4.78, 5) is 25.8. The Morgan fingerprint density at radius 3 is 2.75 bits per heavy atom. The van der Waals surface area contributed by atoms with E-state index in [1.165, 1.54) is 23.6 Å². The van der Waals surface area contributed by atoms with Gasteiger partial charge in [-0.2, -0.15) is 0 Å². The molecular formula is C11H9NO3S. The van der Waals surface area contributed by atoms with E-state index in [1.54, 1.807) is 0 Å². The summed E-state index contributed by atoms with van der Waals surface area (Å²) < 4.78 is 0. The van der Waals surface area contributed by atoms with E-state index in [-0.39, 0.29) is 11.1 Å². The summed E-state index contributed by atoms with van der Waals surface area (Å²) in [5.41, 5.74) is 1.000. The quantitative estimate of drug-likeness (QED) is 0.837. The predicted molar refractivity (Wildman–Crippen MR) is 62.1 cm³/mol. The van der Waals surface area contributed by atoms with Gasteiger partial charge in [0.25, 0.3) is 5.56 Å². The smallest absolute Gasteiger partial charge is 0.337 e. The molecular weight excluding hydrogens is 226 g/mol. The first-order chi connectivity index (χ1) is 7.59. The first-order valence-corrected chi connectivity index (χ1v) is 5.48. The number of carboxylic acid groups (broad SMARTS) is 1. The van der Waals surface area contributed by atoms with E-state index in [0.717, 1.165) is 10.4 Å². The third kappa shape index (κ3) is 1.77. The number of aromatic amines is 1. The van der Waals surface area contributed by atoms with Crippen LogP contribution in [0.15, 0.2) is 28.5 Å². The van der Waals surface area contributed by atoms with Crippen molar-refractivity contribution in [2.45, 2.75) is 6.92 Å². The predicted octanol–water partition coefficient (Wildman–Crippen LogP) is 2.11. The number of aromatic nitrogens is 1. The van der Waals surface area contributed by atoms with E-state index in [0.29, 0.717) is 5.56 Å². The largest absolute Gasteiger partial charge is 0.478 e. The molecule has 0 aliphatic carbocycles. The highest BCUT2D eigenvalue weighted by molar-refractivity contribution is 7.10. The zero-order valence-corrected chi connectivity index (χ0v) is 9.30. The molecule has 2 N–H and O–H groups in total. The number of H-pyrrole nitrogens is 1. The molecule has 0 saturated carbocycles. The minimum Gasteiger partial charge on any atom is -0.478 e. The molecule has 2 heterocycles. The van der Waals surface area contributed by atoms with Crippen molar-refractivity contribution in [3.63, 3.8) is 0 Å². The molecule has 0 unspecified atom stereocenters. The minimum atomic E-state index is -1.05. The number of aryl methyl sites for hydroxylation is 1. The minimum absolute atomic E-state index is 0.0835. The molecule has 0 aliphatic rings. The lowest BCUT2D eigenvalue weighted by molar-refractivity contribution is 0.0696. The summed E-state index contributed by atoms with van der Waals surface area (Å²) in [6.45, 7) is 1.90. The van der Waals surface area contributed by atoms with Gasteiger partial charge in [0.2, 0.25) is 0 Å². The van der Waals surface area contributed by atoms with E-state index >= 15 is 0 Å². The summed E-state index contributed by atoms with van der Waals surface area (Å²) in [6, 6.07) is 3.21. The number of pyridine rings is 1. The van der Waals surface area contributed by atoms with Crippen molar-refractivity contribution in [2.75, 3.05) is 0 Å². The van der Waals surface area contributed by atoms with Crippen LogP contribution in [0, 0.1) is 6.92 Å². The summed E-state index contributed by atoms with van der Waals surface area (Å²) >= 11 is 1.52. The molecule has 0 amide bonds. The molecule has 82 valence electrons. The third-order valence-corrected chi connectivity index (χ3v) is 3.14. The van der Waals surface area contributed by atoms with Crippen LogP contribution in [0.25, 0.3) is 11.1 Å². The molecule has 0 bridgehead atoms. The number of nitrogens with one attached hydrogen (secondary N) is 1. The second-order valence-electron chi connectivity index (χ2n) is 3.33. The van der Waals surface area contributed by atoms with Crippen molar-refractivity contribution in [1.29, 1.82) is 0 Å². The molecule has 0 aromatic carbocycles. The standard InChI is InChI=1S/C11H9NO3S/c1-6-8(2-3-16-6)9-4-7(11(14)15)5-12-10(9)13/h2-5H,1H3,(H,12,13)(H,14,15).